The number of aliphatic hydroxyl groups excluding tert-OH is 1. The number of nitrogens with zero attached hydrogens (tertiary/aromatic N) is 2. The minimum atomic E-state index is -0.0985. The Kier molecular flexibility index (Phi) is 5.93. The minimum absolute atomic E-state index is 0.0985. The summed E-state index contributed by atoms with van der Waals surface area (Å²) in [5.41, 5.74) is 1.90. The highest BCUT2D eigenvalue weighted by Gasteiger charge is 2.08. The Hall–Kier alpha value is -2.50. The molecule has 5 nitrogen and oxygen atoms in total. The van der Waals surface area contributed by atoms with E-state index in [-0.39, 0.29) is 12.2 Å². The lowest BCUT2D eigenvalue weighted by Gasteiger charge is -2.21. The number of nitrogens with one attached hydrogen (secondary N) is 1. The summed E-state index contributed by atoms with van der Waals surface area (Å²) in [6, 6.07) is 17.7. The summed E-state index contributed by atoms with van der Waals surface area (Å²) >= 11 is 0. The van der Waals surface area contributed by atoms with Gasteiger partial charge in [0.25, 0.3) is 5.56 Å². The SMILES string of the molecule is O=c1[nH]c(CCN(CCO)CCc2ccccc2)nc2ccccc12. The van der Waals surface area contributed by atoms with E-state index in [1.54, 1.807) is 6.07 Å². The zero-order chi connectivity index (χ0) is 17.5. The highest BCUT2D eigenvalue weighted by Crippen LogP contribution is 2.07. The molecule has 0 bridgehead atoms. The van der Waals surface area contributed by atoms with E-state index >= 15 is 0 Å². The van der Waals surface area contributed by atoms with Gasteiger partial charge in [-0.25, -0.2) is 4.98 Å². The number of aromatic nitrogens is 2. The summed E-state index contributed by atoms with van der Waals surface area (Å²) in [6.45, 7) is 2.35. The first-order valence-corrected chi connectivity index (χ1v) is 8.61. The zero-order valence-corrected chi connectivity index (χ0v) is 14.2. The minimum Gasteiger partial charge on any atom is -0.395 e. The third-order valence-electron chi connectivity index (χ3n) is 4.30. The summed E-state index contributed by atoms with van der Waals surface area (Å²) < 4.78 is 0. The zero-order valence-electron chi connectivity index (χ0n) is 14.2. The maximum absolute atomic E-state index is 12.1. The van der Waals surface area contributed by atoms with E-state index in [9.17, 15) is 9.90 Å². The van der Waals surface area contributed by atoms with Crippen molar-refractivity contribution in [2.75, 3.05) is 26.2 Å². The average molecular weight is 337 g/mol. The van der Waals surface area contributed by atoms with Crippen molar-refractivity contribution in [3.63, 3.8) is 0 Å². The fourth-order valence-electron chi connectivity index (χ4n) is 2.93. The fourth-order valence-corrected chi connectivity index (χ4v) is 2.93. The molecule has 130 valence electrons. The van der Waals surface area contributed by atoms with Crippen LogP contribution in [-0.4, -0.2) is 46.2 Å². The molecule has 1 heterocycles. The molecule has 0 spiro atoms. The van der Waals surface area contributed by atoms with Gasteiger partial charge in [-0.05, 0) is 24.1 Å². The van der Waals surface area contributed by atoms with Gasteiger partial charge in [0.15, 0.2) is 0 Å². The van der Waals surface area contributed by atoms with E-state index in [4.69, 9.17) is 0 Å². The van der Waals surface area contributed by atoms with Gasteiger partial charge < -0.3 is 15.0 Å². The molecular formula is C20H23N3O2. The normalized spacial score (nSPS) is 11.3. The molecule has 0 amide bonds. The van der Waals surface area contributed by atoms with E-state index < -0.39 is 0 Å². The quantitative estimate of drug-likeness (QED) is 0.660. The van der Waals surface area contributed by atoms with Crippen molar-refractivity contribution in [2.45, 2.75) is 12.8 Å². The van der Waals surface area contributed by atoms with Crippen molar-refractivity contribution >= 4 is 10.9 Å². The van der Waals surface area contributed by atoms with Gasteiger partial charge in [-0.15, -0.1) is 0 Å². The number of hydrogen-bond donors (Lipinski definition) is 2. The summed E-state index contributed by atoms with van der Waals surface area (Å²) in [6.07, 6.45) is 1.58. The van der Waals surface area contributed by atoms with Crippen molar-refractivity contribution in [1.29, 1.82) is 0 Å². The fraction of sp³-hybridized carbons (Fsp3) is 0.300. The predicted octanol–water partition coefficient (Wildman–Crippen LogP) is 2.00. The van der Waals surface area contributed by atoms with Crippen LogP contribution in [0.3, 0.4) is 0 Å². The van der Waals surface area contributed by atoms with E-state index in [2.05, 4.69) is 27.0 Å². The first-order chi connectivity index (χ1) is 12.3. The number of para-hydroxylation sites is 1. The Labute approximate surface area is 147 Å². The van der Waals surface area contributed by atoms with Crippen molar-refractivity contribution in [2.24, 2.45) is 0 Å². The third-order valence-corrected chi connectivity index (χ3v) is 4.30. The average Bonchev–Trinajstić information content (AvgIpc) is 2.65. The van der Waals surface area contributed by atoms with Gasteiger partial charge >= 0.3 is 0 Å². The second kappa shape index (κ2) is 8.55. The van der Waals surface area contributed by atoms with E-state index in [1.165, 1.54) is 5.56 Å². The second-order valence-electron chi connectivity index (χ2n) is 6.08. The van der Waals surface area contributed by atoms with Gasteiger partial charge in [0.05, 0.1) is 17.5 Å². The maximum atomic E-state index is 12.1. The third kappa shape index (κ3) is 4.75. The van der Waals surface area contributed by atoms with Crippen LogP contribution in [0.1, 0.15) is 11.4 Å². The first-order valence-electron chi connectivity index (χ1n) is 8.61. The van der Waals surface area contributed by atoms with Crippen molar-refractivity contribution < 1.29 is 5.11 Å². The standard InChI is InChI=1S/C20H23N3O2/c24-15-14-23(12-10-16-6-2-1-3-7-16)13-11-19-21-18-9-5-4-8-17(18)20(25)22-19/h1-9,24H,10-15H2,(H,21,22,25). The van der Waals surface area contributed by atoms with Crippen LogP contribution in [0.25, 0.3) is 10.9 Å². The molecule has 5 heteroatoms. The highest BCUT2D eigenvalue weighted by atomic mass is 16.3. The summed E-state index contributed by atoms with van der Waals surface area (Å²) in [7, 11) is 0. The molecule has 0 aliphatic rings. The monoisotopic (exact) mass is 337 g/mol. The first kappa shape index (κ1) is 17.3. The highest BCUT2D eigenvalue weighted by molar-refractivity contribution is 5.77. The second-order valence-corrected chi connectivity index (χ2v) is 6.08. The molecule has 3 aromatic rings. The molecular weight excluding hydrogens is 314 g/mol. The number of hydrogen-bond acceptors (Lipinski definition) is 4. The van der Waals surface area contributed by atoms with Crippen LogP contribution in [0.5, 0.6) is 0 Å². The maximum Gasteiger partial charge on any atom is 0.258 e. The smallest absolute Gasteiger partial charge is 0.258 e. The molecule has 0 atom stereocenters. The summed E-state index contributed by atoms with van der Waals surface area (Å²) in [5.74, 6) is 0.686. The van der Waals surface area contributed by atoms with Gasteiger partial charge in [0.1, 0.15) is 5.82 Å². The van der Waals surface area contributed by atoms with Crippen LogP contribution in [0.15, 0.2) is 59.4 Å². The summed E-state index contributed by atoms with van der Waals surface area (Å²) in [4.78, 5) is 21.7. The molecule has 2 aromatic carbocycles. The van der Waals surface area contributed by atoms with Crippen LogP contribution >= 0.6 is 0 Å². The van der Waals surface area contributed by atoms with Gasteiger partial charge in [0.2, 0.25) is 0 Å². The number of fused-ring (bicyclic) bond motifs is 1. The lowest BCUT2D eigenvalue weighted by atomic mass is 10.1. The van der Waals surface area contributed by atoms with Crippen molar-refractivity contribution in [1.82, 2.24) is 14.9 Å². The number of rotatable bonds is 8. The van der Waals surface area contributed by atoms with Crippen LogP contribution in [0.2, 0.25) is 0 Å². The molecule has 0 fully saturated rings. The molecule has 0 saturated carbocycles. The van der Waals surface area contributed by atoms with Crippen LogP contribution in [-0.2, 0) is 12.8 Å². The Morgan fingerprint density at radius 1 is 0.920 bits per heavy atom. The Bertz CT molecular complexity index is 861. The lowest BCUT2D eigenvalue weighted by molar-refractivity contribution is 0.198. The Balaban J connectivity index is 1.64. The molecule has 0 radical (unpaired) electrons. The number of benzene rings is 2. The molecule has 2 N–H and O–H groups in total. The van der Waals surface area contributed by atoms with E-state index in [0.717, 1.165) is 25.0 Å². The van der Waals surface area contributed by atoms with Gasteiger partial charge in [0, 0.05) is 26.1 Å². The number of aromatic amines is 1. The van der Waals surface area contributed by atoms with E-state index in [0.29, 0.717) is 24.2 Å². The molecule has 3 rings (SSSR count). The molecule has 0 unspecified atom stereocenters. The Morgan fingerprint density at radius 2 is 1.64 bits per heavy atom. The van der Waals surface area contributed by atoms with Crippen LogP contribution < -0.4 is 5.56 Å². The van der Waals surface area contributed by atoms with Crippen molar-refractivity contribution in [3.8, 4) is 0 Å². The molecule has 0 aliphatic carbocycles. The largest absolute Gasteiger partial charge is 0.395 e. The van der Waals surface area contributed by atoms with Gasteiger partial charge in [-0.2, -0.15) is 0 Å². The predicted molar refractivity (Wildman–Crippen MR) is 99.7 cm³/mol. The molecule has 0 aliphatic heterocycles. The molecule has 25 heavy (non-hydrogen) atoms. The van der Waals surface area contributed by atoms with Gasteiger partial charge in [-0.1, -0.05) is 42.5 Å². The lowest BCUT2D eigenvalue weighted by Crippen LogP contribution is -2.32. The van der Waals surface area contributed by atoms with Crippen LogP contribution in [0.4, 0.5) is 0 Å². The van der Waals surface area contributed by atoms with Crippen LogP contribution in [0, 0.1) is 0 Å². The van der Waals surface area contributed by atoms with Gasteiger partial charge in [-0.3, -0.25) is 4.79 Å². The summed E-state index contributed by atoms with van der Waals surface area (Å²) in [5, 5.41) is 9.91. The topological polar surface area (TPSA) is 69.2 Å². The number of H-pyrrole nitrogens is 1. The molecule has 1 aromatic heterocycles. The molecule has 0 saturated heterocycles. The Morgan fingerprint density at radius 3 is 2.44 bits per heavy atom. The number of aliphatic hydroxyl groups is 1. The van der Waals surface area contributed by atoms with Crippen molar-refractivity contribution in [3.05, 3.63) is 76.3 Å². The van der Waals surface area contributed by atoms with E-state index in [1.807, 2.05) is 36.4 Å².